The molecule has 0 aliphatic carbocycles. The quantitative estimate of drug-likeness (QED) is 0.598. The molecule has 0 radical (unpaired) electrons. The normalized spacial score (nSPS) is 21.6. The van der Waals surface area contributed by atoms with Crippen LogP contribution < -0.4 is 5.32 Å². The van der Waals surface area contributed by atoms with Gasteiger partial charge in [-0.3, -0.25) is 0 Å². The van der Waals surface area contributed by atoms with Crippen molar-refractivity contribution in [2.45, 2.75) is 32.0 Å². The lowest BCUT2D eigenvalue weighted by molar-refractivity contribution is -0.137. The summed E-state index contributed by atoms with van der Waals surface area (Å²) in [6.45, 7) is 1.96. The van der Waals surface area contributed by atoms with Crippen molar-refractivity contribution in [2.24, 2.45) is 5.16 Å². The average Bonchev–Trinajstić information content (AvgIpc) is 2.35. The summed E-state index contributed by atoms with van der Waals surface area (Å²) in [5, 5.41) is 15.2. The number of hydrogen-bond acceptors (Lipinski definition) is 3. The lowest BCUT2D eigenvalue weighted by Gasteiger charge is -2.27. The standard InChI is InChI=1S/C12H13F3N2O/c1-2-8-6-11(17-18)9-5-7(12(13,14)15)3-4-10(9)16-8/h3-5,8,16,18H,2,6H2,1H3/b17-11-/t8-/m1/s1. The first-order valence-corrected chi connectivity index (χ1v) is 5.64. The van der Waals surface area contributed by atoms with Crippen molar-refractivity contribution in [1.29, 1.82) is 0 Å². The first kappa shape index (κ1) is 12.7. The number of rotatable bonds is 1. The van der Waals surface area contributed by atoms with Crippen LogP contribution in [0.15, 0.2) is 23.4 Å². The van der Waals surface area contributed by atoms with Gasteiger partial charge in [0.25, 0.3) is 0 Å². The Morgan fingerprint density at radius 3 is 2.72 bits per heavy atom. The van der Waals surface area contributed by atoms with Crippen LogP contribution in [0.5, 0.6) is 0 Å². The molecule has 0 aromatic heterocycles. The van der Waals surface area contributed by atoms with Crippen molar-refractivity contribution in [1.82, 2.24) is 0 Å². The van der Waals surface area contributed by atoms with Crippen molar-refractivity contribution in [3.05, 3.63) is 29.3 Å². The maximum absolute atomic E-state index is 12.6. The largest absolute Gasteiger partial charge is 0.416 e. The maximum Gasteiger partial charge on any atom is 0.416 e. The highest BCUT2D eigenvalue weighted by Crippen LogP contribution is 2.34. The Labute approximate surface area is 102 Å². The third kappa shape index (κ3) is 2.27. The van der Waals surface area contributed by atoms with E-state index in [0.29, 0.717) is 23.4 Å². The molecular formula is C12H13F3N2O. The van der Waals surface area contributed by atoms with E-state index in [0.717, 1.165) is 18.6 Å². The number of nitrogens with zero attached hydrogens (tertiary/aromatic N) is 1. The molecule has 98 valence electrons. The predicted octanol–water partition coefficient (Wildman–Crippen LogP) is 3.48. The van der Waals surface area contributed by atoms with E-state index in [1.807, 2.05) is 6.92 Å². The zero-order valence-corrected chi connectivity index (χ0v) is 9.75. The number of anilines is 1. The SMILES string of the molecule is CC[C@@H]1C/C(=N/O)c2cc(C(F)(F)F)ccc2N1. The molecule has 0 bridgehead atoms. The number of fused-ring (bicyclic) bond motifs is 1. The minimum atomic E-state index is -4.39. The summed E-state index contributed by atoms with van der Waals surface area (Å²) in [4.78, 5) is 0. The molecule has 0 unspecified atom stereocenters. The van der Waals surface area contributed by atoms with Crippen LogP contribution in [0.2, 0.25) is 0 Å². The van der Waals surface area contributed by atoms with E-state index in [4.69, 9.17) is 5.21 Å². The van der Waals surface area contributed by atoms with E-state index in [1.54, 1.807) is 0 Å². The molecule has 1 heterocycles. The number of oxime groups is 1. The summed E-state index contributed by atoms with van der Waals surface area (Å²) in [7, 11) is 0. The van der Waals surface area contributed by atoms with Crippen molar-refractivity contribution in [3.63, 3.8) is 0 Å². The summed E-state index contributed by atoms with van der Waals surface area (Å²) in [5.74, 6) is 0. The Morgan fingerprint density at radius 2 is 2.17 bits per heavy atom. The Hall–Kier alpha value is -1.72. The highest BCUT2D eigenvalue weighted by molar-refractivity contribution is 6.07. The molecule has 1 aromatic rings. The summed E-state index contributed by atoms with van der Waals surface area (Å²) in [6, 6.07) is 3.51. The molecule has 3 nitrogen and oxygen atoms in total. The molecule has 2 rings (SSSR count). The second-order valence-corrected chi connectivity index (χ2v) is 4.26. The van der Waals surface area contributed by atoms with Gasteiger partial charge in [0, 0.05) is 23.7 Å². The molecule has 0 saturated carbocycles. The zero-order chi connectivity index (χ0) is 13.3. The van der Waals surface area contributed by atoms with Gasteiger partial charge in [-0.25, -0.2) is 0 Å². The van der Waals surface area contributed by atoms with E-state index in [1.165, 1.54) is 6.07 Å². The zero-order valence-electron chi connectivity index (χ0n) is 9.75. The Balaban J connectivity index is 2.46. The van der Waals surface area contributed by atoms with Gasteiger partial charge >= 0.3 is 6.18 Å². The van der Waals surface area contributed by atoms with Crippen LogP contribution in [0, 0.1) is 0 Å². The van der Waals surface area contributed by atoms with Gasteiger partial charge in [0.1, 0.15) is 0 Å². The van der Waals surface area contributed by atoms with E-state index < -0.39 is 11.7 Å². The third-order valence-electron chi connectivity index (χ3n) is 3.07. The van der Waals surface area contributed by atoms with Crippen LogP contribution in [0.25, 0.3) is 0 Å². The average molecular weight is 258 g/mol. The number of alkyl halides is 3. The van der Waals surface area contributed by atoms with Gasteiger partial charge in [0.05, 0.1) is 11.3 Å². The lowest BCUT2D eigenvalue weighted by Crippen LogP contribution is -2.29. The molecule has 0 amide bonds. The van der Waals surface area contributed by atoms with E-state index in [-0.39, 0.29) is 6.04 Å². The van der Waals surface area contributed by atoms with Gasteiger partial charge in [0.15, 0.2) is 0 Å². The number of benzene rings is 1. The molecule has 18 heavy (non-hydrogen) atoms. The fourth-order valence-electron chi connectivity index (χ4n) is 2.04. The van der Waals surface area contributed by atoms with Gasteiger partial charge in [-0.1, -0.05) is 12.1 Å². The van der Waals surface area contributed by atoms with Crippen molar-refractivity contribution < 1.29 is 18.4 Å². The van der Waals surface area contributed by atoms with Crippen molar-refractivity contribution in [3.8, 4) is 0 Å². The molecule has 6 heteroatoms. The van der Waals surface area contributed by atoms with E-state index in [2.05, 4.69) is 10.5 Å². The van der Waals surface area contributed by atoms with Gasteiger partial charge < -0.3 is 10.5 Å². The molecule has 1 atom stereocenters. The summed E-state index contributed by atoms with van der Waals surface area (Å²) < 4.78 is 37.8. The minimum absolute atomic E-state index is 0.0835. The molecule has 0 saturated heterocycles. The Kier molecular flexibility index (Phi) is 3.19. The maximum atomic E-state index is 12.6. The van der Waals surface area contributed by atoms with Gasteiger partial charge in [-0.2, -0.15) is 13.2 Å². The second-order valence-electron chi connectivity index (χ2n) is 4.26. The highest BCUT2D eigenvalue weighted by atomic mass is 19.4. The fourth-order valence-corrected chi connectivity index (χ4v) is 2.04. The second kappa shape index (κ2) is 4.51. The summed E-state index contributed by atoms with van der Waals surface area (Å²) in [6.07, 6.45) is -3.17. The topological polar surface area (TPSA) is 44.6 Å². The highest BCUT2D eigenvalue weighted by Gasteiger charge is 2.32. The number of nitrogens with one attached hydrogen (secondary N) is 1. The third-order valence-corrected chi connectivity index (χ3v) is 3.07. The molecule has 0 fully saturated rings. The van der Waals surface area contributed by atoms with Gasteiger partial charge in [-0.05, 0) is 24.6 Å². The molecular weight excluding hydrogens is 245 g/mol. The van der Waals surface area contributed by atoms with Gasteiger partial charge in [-0.15, -0.1) is 0 Å². The molecule has 1 aliphatic heterocycles. The Bertz CT molecular complexity index is 483. The summed E-state index contributed by atoms with van der Waals surface area (Å²) >= 11 is 0. The van der Waals surface area contributed by atoms with Crippen LogP contribution in [-0.2, 0) is 6.18 Å². The minimum Gasteiger partial charge on any atom is -0.411 e. The van der Waals surface area contributed by atoms with Crippen LogP contribution in [0.4, 0.5) is 18.9 Å². The fraction of sp³-hybridized carbons (Fsp3) is 0.417. The molecule has 1 aliphatic rings. The first-order valence-electron chi connectivity index (χ1n) is 5.64. The predicted molar refractivity (Wildman–Crippen MR) is 62.1 cm³/mol. The van der Waals surface area contributed by atoms with Crippen LogP contribution in [0.1, 0.15) is 30.9 Å². The molecule has 2 N–H and O–H groups in total. The first-order chi connectivity index (χ1) is 8.45. The van der Waals surface area contributed by atoms with Crippen LogP contribution in [0.3, 0.4) is 0 Å². The molecule has 1 aromatic carbocycles. The van der Waals surface area contributed by atoms with Crippen LogP contribution in [-0.4, -0.2) is 17.0 Å². The van der Waals surface area contributed by atoms with E-state index >= 15 is 0 Å². The smallest absolute Gasteiger partial charge is 0.411 e. The van der Waals surface area contributed by atoms with Crippen molar-refractivity contribution in [2.75, 3.05) is 5.32 Å². The molecule has 0 spiro atoms. The number of hydrogen-bond donors (Lipinski definition) is 2. The Morgan fingerprint density at radius 1 is 1.44 bits per heavy atom. The summed E-state index contributed by atoms with van der Waals surface area (Å²) in [5.41, 5.74) is 0.451. The monoisotopic (exact) mass is 258 g/mol. The number of halogens is 3. The lowest BCUT2D eigenvalue weighted by atomic mass is 9.93. The van der Waals surface area contributed by atoms with Gasteiger partial charge in [0.2, 0.25) is 0 Å². The van der Waals surface area contributed by atoms with Crippen molar-refractivity contribution >= 4 is 11.4 Å². The van der Waals surface area contributed by atoms with E-state index in [9.17, 15) is 13.2 Å². The van der Waals surface area contributed by atoms with Crippen LogP contribution >= 0.6 is 0 Å².